The van der Waals surface area contributed by atoms with Crippen molar-refractivity contribution >= 4 is 0 Å². The maximum absolute atomic E-state index is 5.56. The molecular weight excluding hydrogens is 178 g/mol. The first-order chi connectivity index (χ1) is 6.95. The van der Waals surface area contributed by atoms with Crippen LogP contribution in [0, 0.1) is 5.92 Å². The molecule has 0 spiro atoms. The summed E-state index contributed by atoms with van der Waals surface area (Å²) in [6.45, 7) is 5.04. The van der Waals surface area contributed by atoms with E-state index in [2.05, 4.69) is 5.32 Å². The summed E-state index contributed by atoms with van der Waals surface area (Å²) < 4.78 is 10.9. The lowest BCUT2D eigenvalue weighted by atomic mass is 10.0. The standard InChI is InChI=1S/C11H21NO2/c1-2-11(14-5-1)9-12-8-10-3-6-13-7-4-10/h10-12H,1-9H2. The molecule has 2 aliphatic rings. The monoisotopic (exact) mass is 199 g/mol. The molecule has 2 fully saturated rings. The molecule has 2 heterocycles. The van der Waals surface area contributed by atoms with E-state index in [-0.39, 0.29) is 0 Å². The van der Waals surface area contributed by atoms with Crippen molar-refractivity contribution in [2.45, 2.75) is 31.8 Å². The number of hydrogen-bond acceptors (Lipinski definition) is 3. The molecule has 3 nitrogen and oxygen atoms in total. The third-order valence-corrected chi connectivity index (χ3v) is 3.17. The van der Waals surface area contributed by atoms with Crippen LogP contribution >= 0.6 is 0 Å². The highest BCUT2D eigenvalue weighted by Gasteiger charge is 2.17. The second-order valence-electron chi connectivity index (χ2n) is 4.35. The van der Waals surface area contributed by atoms with Gasteiger partial charge in [0.1, 0.15) is 0 Å². The molecule has 0 aliphatic carbocycles. The van der Waals surface area contributed by atoms with E-state index in [9.17, 15) is 0 Å². The summed E-state index contributed by atoms with van der Waals surface area (Å²) in [5.74, 6) is 0.824. The van der Waals surface area contributed by atoms with Gasteiger partial charge in [0.2, 0.25) is 0 Å². The van der Waals surface area contributed by atoms with E-state index in [4.69, 9.17) is 9.47 Å². The van der Waals surface area contributed by atoms with Crippen LogP contribution in [0.25, 0.3) is 0 Å². The first-order valence-corrected chi connectivity index (χ1v) is 5.85. The van der Waals surface area contributed by atoms with Crippen LogP contribution in [0.15, 0.2) is 0 Å². The molecule has 1 atom stereocenters. The molecule has 2 saturated heterocycles. The van der Waals surface area contributed by atoms with Gasteiger partial charge in [0.25, 0.3) is 0 Å². The van der Waals surface area contributed by atoms with Gasteiger partial charge in [-0.15, -0.1) is 0 Å². The highest BCUT2D eigenvalue weighted by Crippen LogP contribution is 2.14. The zero-order chi connectivity index (χ0) is 9.64. The van der Waals surface area contributed by atoms with Crippen molar-refractivity contribution in [1.82, 2.24) is 5.32 Å². The third kappa shape index (κ3) is 3.23. The lowest BCUT2D eigenvalue weighted by Crippen LogP contribution is -2.32. The SMILES string of the molecule is C1COC(CNCC2CCOCC2)C1. The first-order valence-electron chi connectivity index (χ1n) is 5.85. The van der Waals surface area contributed by atoms with E-state index < -0.39 is 0 Å². The Kier molecular flexibility index (Phi) is 4.22. The molecule has 0 aromatic rings. The van der Waals surface area contributed by atoms with Crippen LogP contribution in [0.4, 0.5) is 0 Å². The van der Waals surface area contributed by atoms with E-state index in [0.717, 1.165) is 38.8 Å². The van der Waals surface area contributed by atoms with Gasteiger partial charge in [0, 0.05) is 26.4 Å². The Balaban J connectivity index is 1.52. The second kappa shape index (κ2) is 5.69. The van der Waals surface area contributed by atoms with Gasteiger partial charge < -0.3 is 14.8 Å². The smallest absolute Gasteiger partial charge is 0.0700 e. The van der Waals surface area contributed by atoms with Crippen molar-refractivity contribution < 1.29 is 9.47 Å². The van der Waals surface area contributed by atoms with Gasteiger partial charge >= 0.3 is 0 Å². The summed E-state index contributed by atoms with van der Waals surface area (Å²) in [6, 6.07) is 0. The number of nitrogens with one attached hydrogen (secondary N) is 1. The summed E-state index contributed by atoms with van der Waals surface area (Å²) >= 11 is 0. The average Bonchev–Trinajstić information content (AvgIpc) is 2.72. The van der Waals surface area contributed by atoms with Gasteiger partial charge in [-0.05, 0) is 38.1 Å². The number of hydrogen-bond donors (Lipinski definition) is 1. The topological polar surface area (TPSA) is 30.5 Å². The van der Waals surface area contributed by atoms with Crippen molar-refractivity contribution in [3.63, 3.8) is 0 Å². The zero-order valence-electron chi connectivity index (χ0n) is 8.84. The molecule has 1 unspecified atom stereocenters. The molecule has 0 amide bonds. The van der Waals surface area contributed by atoms with Crippen molar-refractivity contribution in [2.75, 3.05) is 32.9 Å². The van der Waals surface area contributed by atoms with Crippen LogP contribution in [-0.4, -0.2) is 39.0 Å². The minimum atomic E-state index is 0.481. The zero-order valence-corrected chi connectivity index (χ0v) is 8.84. The highest BCUT2D eigenvalue weighted by molar-refractivity contribution is 4.70. The first kappa shape index (κ1) is 10.4. The van der Waals surface area contributed by atoms with Gasteiger partial charge in [-0.3, -0.25) is 0 Å². The summed E-state index contributed by atoms with van der Waals surface area (Å²) in [7, 11) is 0. The summed E-state index contributed by atoms with van der Waals surface area (Å²) in [5, 5.41) is 3.52. The van der Waals surface area contributed by atoms with E-state index >= 15 is 0 Å². The third-order valence-electron chi connectivity index (χ3n) is 3.17. The minimum absolute atomic E-state index is 0.481. The fraction of sp³-hybridized carbons (Fsp3) is 1.00. The van der Waals surface area contributed by atoms with Crippen molar-refractivity contribution in [2.24, 2.45) is 5.92 Å². The molecule has 2 rings (SSSR count). The molecule has 0 aromatic heterocycles. The van der Waals surface area contributed by atoms with E-state index in [0.29, 0.717) is 6.10 Å². The predicted molar refractivity (Wildman–Crippen MR) is 55.4 cm³/mol. The fourth-order valence-corrected chi connectivity index (χ4v) is 2.20. The van der Waals surface area contributed by atoms with E-state index in [1.54, 1.807) is 0 Å². The molecular formula is C11H21NO2. The summed E-state index contributed by atoms with van der Waals surface area (Å²) in [5.41, 5.74) is 0. The van der Waals surface area contributed by atoms with Crippen LogP contribution in [0.3, 0.4) is 0 Å². The molecule has 82 valence electrons. The van der Waals surface area contributed by atoms with Gasteiger partial charge in [-0.25, -0.2) is 0 Å². The Hall–Kier alpha value is -0.120. The lowest BCUT2D eigenvalue weighted by molar-refractivity contribution is 0.0635. The Labute approximate surface area is 86.2 Å². The second-order valence-corrected chi connectivity index (χ2v) is 4.35. The maximum Gasteiger partial charge on any atom is 0.0700 e. The fourth-order valence-electron chi connectivity index (χ4n) is 2.20. The van der Waals surface area contributed by atoms with Gasteiger partial charge in [0.15, 0.2) is 0 Å². The Morgan fingerprint density at radius 2 is 1.86 bits per heavy atom. The van der Waals surface area contributed by atoms with Gasteiger partial charge in [0.05, 0.1) is 6.10 Å². The number of ether oxygens (including phenoxy) is 2. The summed E-state index contributed by atoms with van der Waals surface area (Å²) in [4.78, 5) is 0. The van der Waals surface area contributed by atoms with E-state index in [1.165, 1.54) is 25.7 Å². The Bertz CT molecular complexity index is 151. The van der Waals surface area contributed by atoms with Crippen LogP contribution in [0.5, 0.6) is 0 Å². The van der Waals surface area contributed by atoms with Crippen molar-refractivity contribution in [1.29, 1.82) is 0 Å². The molecule has 0 bridgehead atoms. The quantitative estimate of drug-likeness (QED) is 0.737. The molecule has 0 saturated carbocycles. The van der Waals surface area contributed by atoms with Crippen LogP contribution in [0.1, 0.15) is 25.7 Å². The Morgan fingerprint density at radius 3 is 2.57 bits per heavy atom. The van der Waals surface area contributed by atoms with Gasteiger partial charge in [-0.2, -0.15) is 0 Å². The van der Waals surface area contributed by atoms with Crippen molar-refractivity contribution in [3.05, 3.63) is 0 Å². The largest absolute Gasteiger partial charge is 0.381 e. The average molecular weight is 199 g/mol. The van der Waals surface area contributed by atoms with Crippen LogP contribution < -0.4 is 5.32 Å². The Morgan fingerprint density at radius 1 is 1.00 bits per heavy atom. The molecule has 0 aromatic carbocycles. The maximum atomic E-state index is 5.56. The minimum Gasteiger partial charge on any atom is -0.381 e. The van der Waals surface area contributed by atoms with Gasteiger partial charge in [-0.1, -0.05) is 0 Å². The predicted octanol–water partition coefficient (Wildman–Crippen LogP) is 1.18. The molecule has 0 radical (unpaired) electrons. The highest BCUT2D eigenvalue weighted by atomic mass is 16.5. The molecule has 3 heteroatoms. The molecule has 1 N–H and O–H groups in total. The van der Waals surface area contributed by atoms with Crippen LogP contribution in [0.2, 0.25) is 0 Å². The number of rotatable bonds is 4. The lowest BCUT2D eigenvalue weighted by Gasteiger charge is -2.22. The summed E-state index contributed by atoms with van der Waals surface area (Å²) in [6.07, 6.45) is 5.40. The molecule has 14 heavy (non-hydrogen) atoms. The van der Waals surface area contributed by atoms with E-state index in [1.807, 2.05) is 0 Å². The van der Waals surface area contributed by atoms with Crippen LogP contribution in [-0.2, 0) is 9.47 Å². The normalized spacial score (nSPS) is 29.6. The molecule has 2 aliphatic heterocycles. The van der Waals surface area contributed by atoms with Crippen molar-refractivity contribution in [3.8, 4) is 0 Å².